The molecule has 0 unspecified atom stereocenters. The summed E-state index contributed by atoms with van der Waals surface area (Å²) in [6.07, 6.45) is 2.19. The molecule has 3 heterocycles. The highest BCUT2D eigenvalue weighted by Crippen LogP contribution is 2.42. The van der Waals surface area contributed by atoms with Crippen molar-refractivity contribution < 1.29 is 4.57 Å². The normalized spacial score (nSPS) is 12.7. The third-order valence-corrected chi connectivity index (χ3v) is 7.39. The average Bonchev–Trinajstić information content (AvgIpc) is 3.09. The van der Waals surface area contributed by atoms with E-state index in [0.717, 1.165) is 5.56 Å². The second-order valence-electron chi connectivity index (χ2n) is 9.85. The van der Waals surface area contributed by atoms with Crippen molar-refractivity contribution in [2.24, 2.45) is 7.05 Å². The van der Waals surface area contributed by atoms with Gasteiger partial charge in [-0.3, -0.25) is 0 Å². The molecule has 3 aromatic heterocycles. The lowest BCUT2D eigenvalue weighted by atomic mass is 9.93. The molecule has 0 fully saturated rings. The molecule has 0 N–H and O–H groups in total. The van der Waals surface area contributed by atoms with Gasteiger partial charge >= 0.3 is 0 Å². The van der Waals surface area contributed by atoms with Crippen molar-refractivity contribution in [2.45, 2.75) is 40.2 Å². The molecule has 6 rings (SSSR count). The molecule has 156 valence electrons. The smallest absolute Gasteiger partial charge is 0.252 e. The zero-order chi connectivity index (χ0) is 22.5. The molecule has 0 aliphatic heterocycles. The molecule has 0 aliphatic rings. The van der Waals surface area contributed by atoms with Crippen LogP contribution in [0.25, 0.3) is 53.8 Å². The second-order valence-corrected chi connectivity index (χ2v) is 9.85. The van der Waals surface area contributed by atoms with Crippen molar-refractivity contribution in [3.8, 4) is 0 Å². The average molecular weight is 417 g/mol. The molecule has 0 spiro atoms. The van der Waals surface area contributed by atoms with Gasteiger partial charge in [0.25, 0.3) is 5.54 Å². The van der Waals surface area contributed by atoms with Crippen LogP contribution in [-0.2, 0) is 12.6 Å². The highest BCUT2D eigenvalue weighted by atomic mass is 15.0. The Morgan fingerprint density at radius 2 is 1.69 bits per heavy atom. The fourth-order valence-corrected chi connectivity index (χ4v) is 5.51. The third kappa shape index (κ3) is 2.22. The van der Waals surface area contributed by atoms with E-state index in [9.17, 15) is 0 Å². The van der Waals surface area contributed by atoms with Crippen LogP contribution in [0.15, 0.2) is 48.7 Å². The van der Waals surface area contributed by atoms with Crippen LogP contribution in [-0.4, -0.2) is 4.40 Å². The van der Waals surface area contributed by atoms with Gasteiger partial charge in [-0.1, -0.05) is 24.3 Å². The summed E-state index contributed by atoms with van der Waals surface area (Å²) in [4.78, 5) is 3.90. The zero-order valence-corrected chi connectivity index (χ0v) is 19.5. The van der Waals surface area contributed by atoms with Crippen LogP contribution in [0.1, 0.15) is 36.1 Å². The number of pyridine rings is 2. The van der Waals surface area contributed by atoms with Crippen LogP contribution < -0.4 is 4.57 Å². The Morgan fingerprint density at radius 1 is 0.906 bits per heavy atom. The highest BCUT2D eigenvalue weighted by molar-refractivity contribution is 6.26. The van der Waals surface area contributed by atoms with E-state index in [0.29, 0.717) is 0 Å². The Morgan fingerprint density at radius 3 is 2.44 bits per heavy atom. The molecule has 0 atom stereocenters. The number of aryl methyl sites for hydroxylation is 4. The first-order chi connectivity index (χ1) is 15.2. The van der Waals surface area contributed by atoms with Crippen molar-refractivity contribution >= 4 is 49.0 Å². The van der Waals surface area contributed by atoms with Crippen LogP contribution in [0, 0.1) is 27.3 Å². The lowest BCUT2D eigenvalue weighted by molar-refractivity contribution is -0.644. The first-order valence-electron chi connectivity index (χ1n) is 11.1. The standard InChI is InChI=1S/C29H26N3/c1-16-12-19-14-17(2)18(3)25-26(19)24(13-16)32-23-15-20(29(4,5)30-6)8-9-21(23)22-10-11-31(7)28(25)27(22)32/h8-15H,1-5,7H3/q+1. The molecule has 0 radical (unpaired) electrons. The lowest BCUT2D eigenvalue weighted by Gasteiger charge is -2.16. The molecule has 6 aromatic rings. The van der Waals surface area contributed by atoms with Crippen molar-refractivity contribution in [1.82, 2.24) is 4.40 Å². The van der Waals surface area contributed by atoms with E-state index in [1.165, 1.54) is 65.7 Å². The van der Waals surface area contributed by atoms with Gasteiger partial charge in [0.2, 0.25) is 5.52 Å². The summed E-state index contributed by atoms with van der Waals surface area (Å²) in [5, 5.41) is 6.46. The van der Waals surface area contributed by atoms with Gasteiger partial charge in [-0.15, -0.1) is 0 Å². The Bertz CT molecular complexity index is 1790. The number of benzene rings is 3. The SMILES string of the molecule is [C-]#[N+]C(C)(C)c1ccc2c3cc[n+](C)c4c5c(C)c(C)cc6cc(C)cc(c65)n(c2c1)c34. The summed E-state index contributed by atoms with van der Waals surface area (Å²) in [7, 11) is 2.15. The first-order valence-corrected chi connectivity index (χ1v) is 11.1. The largest absolute Gasteiger partial charge is 0.306 e. The van der Waals surface area contributed by atoms with Crippen molar-refractivity contribution in [2.75, 3.05) is 0 Å². The minimum absolute atomic E-state index is 0.555. The van der Waals surface area contributed by atoms with Gasteiger partial charge in [0, 0.05) is 41.6 Å². The predicted molar refractivity (Wildman–Crippen MR) is 134 cm³/mol. The van der Waals surface area contributed by atoms with Crippen LogP contribution in [0.3, 0.4) is 0 Å². The first kappa shape index (κ1) is 19.1. The molecule has 3 nitrogen and oxygen atoms in total. The molecular weight excluding hydrogens is 390 g/mol. The fourth-order valence-electron chi connectivity index (χ4n) is 5.51. The lowest BCUT2D eigenvalue weighted by Crippen LogP contribution is -2.29. The Hall–Kier alpha value is -3.64. The van der Waals surface area contributed by atoms with E-state index < -0.39 is 5.54 Å². The number of rotatable bonds is 1. The number of aromatic nitrogens is 2. The van der Waals surface area contributed by atoms with Crippen molar-refractivity contribution in [1.29, 1.82) is 0 Å². The maximum absolute atomic E-state index is 7.71. The van der Waals surface area contributed by atoms with Crippen LogP contribution in [0.5, 0.6) is 0 Å². The maximum atomic E-state index is 7.71. The van der Waals surface area contributed by atoms with Crippen molar-refractivity contribution in [3.05, 3.63) is 82.3 Å². The predicted octanol–water partition coefficient (Wildman–Crippen LogP) is 6.89. The molecule has 3 aromatic carbocycles. The van der Waals surface area contributed by atoms with Gasteiger partial charge in [0.1, 0.15) is 12.6 Å². The van der Waals surface area contributed by atoms with Gasteiger partial charge in [0.05, 0.1) is 16.4 Å². The minimum atomic E-state index is -0.555. The fraction of sp³-hybridized carbons (Fsp3) is 0.241. The summed E-state index contributed by atoms with van der Waals surface area (Å²) in [5.74, 6) is 0. The maximum Gasteiger partial charge on any atom is 0.252 e. The topological polar surface area (TPSA) is 12.7 Å². The van der Waals surface area contributed by atoms with E-state index in [1.807, 2.05) is 13.8 Å². The van der Waals surface area contributed by atoms with Crippen LogP contribution in [0.4, 0.5) is 0 Å². The van der Waals surface area contributed by atoms with Crippen molar-refractivity contribution in [3.63, 3.8) is 0 Å². The van der Waals surface area contributed by atoms with Gasteiger partial charge in [-0.05, 0) is 55.0 Å². The van der Waals surface area contributed by atoms with Gasteiger partial charge in [-0.2, -0.15) is 4.57 Å². The van der Waals surface area contributed by atoms with E-state index in [-0.39, 0.29) is 0 Å². The Labute approximate surface area is 187 Å². The van der Waals surface area contributed by atoms with E-state index in [1.54, 1.807) is 0 Å². The monoisotopic (exact) mass is 416 g/mol. The number of fused-ring (bicyclic) bond motifs is 5. The Balaban J connectivity index is 2.02. The number of hydrogen-bond acceptors (Lipinski definition) is 0. The zero-order valence-electron chi connectivity index (χ0n) is 19.5. The minimum Gasteiger partial charge on any atom is -0.306 e. The molecule has 32 heavy (non-hydrogen) atoms. The number of nitrogens with zero attached hydrogens (tertiary/aromatic N) is 3. The summed E-state index contributed by atoms with van der Waals surface area (Å²) in [5.41, 5.74) is 9.39. The van der Waals surface area contributed by atoms with Crippen LogP contribution >= 0.6 is 0 Å². The summed E-state index contributed by atoms with van der Waals surface area (Å²) in [6, 6.07) is 15.8. The second kappa shape index (κ2) is 5.99. The van der Waals surface area contributed by atoms with Gasteiger partial charge in [0.15, 0.2) is 6.20 Å². The summed E-state index contributed by atoms with van der Waals surface area (Å²) >= 11 is 0. The number of hydrogen-bond donors (Lipinski definition) is 0. The highest BCUT2D eigenvalue weighted by Gasteiger charge is 2.29. The Kier molecular flexibility index (Phi) is 3.57. The molecule has 0 amide bonds. The molecular formula is C29H26N3+. The quantitative estimate of drug-likeness (QED) is 0.120. The summed E-state index contributed by atoms with van der Waals surface area (Å²) in [6.45, 7) is 18.4. The molecule has 0 saturated heterocycles. The molecule has 0 aliphatic carbocycles. The van der Waals surface area contributed by atoms with E-state index in [4.69, 9.17) is 6.57 Å². The summed E-state index contributed by atoms with van der Waals surface area (Å²) < 4.78 is 4.71. The molecule has 0 bridgehead atoms. The van der Waals surface area contributed by atoms with Gasteiger partial charge in [-0.25, -0.2) is 6.57 Å². The third-order valence-electron chi connectivity index (χ3n) is 7.39. The van der Waals surface area contributed by atoms with Gasteiger partial charge < -0.3 is 9.25 Å². The van der Waals surface area contributed by atoms with E-state index >= 15 is 0 Å². The van der Waals surface area contributed by atoms with Crippen LogP contribution in [0.2, 0.25) is 0 Å². The molecule has 0 saturated carbocycles. The molecule has 3 heteroatoms. The van der Waals surface area contributed by atoms with E-state index in [2.05, 4.69) is 90.3 Å².